The number of nitrogens with zero attached hydrogens (tertiary/aromatic N) is 1. The number of carbonyl (C=O) groups excluding carboxylic acids is 1. The van der Waals surface area contributed by atoms with Crippen LogP contribution in [0.1, 0.15) is 19.3 Å². The van der Waals surface area contributed by atoms with E-state index in [1.165, 1.54) is 12.8 Å². The molecule has 15 heavy (non-hydrogen) atoms. The van der Waals surface area contributed by atoms with Crippen LogP contribution in [0.2, 0.25) is 0 Å². The number of rotatable bonds is 2. The van der Waals surface area contributed by atoms with Crippen LogP contribution in [0.5, 0.6) is 0 Å². The summed E-state index contributed by atoms with van der Waals surface area (Å²) >= 11 is 0. The largest absolute Gasteiger partial charge is 0.334 e. The molecule has 0 aromatic carbocycles. The van der Waals surface area contributed by atoms with E-state index < -0.39 is 0 Å². The third-order valence-electron chi connectivity index (χ3n) is 3.97. The number of hydrogen-bond acceptors (Lipinski definition) is 2. The van der Waals surface area contributed by atoms with Crippen molar-refractivity contribution < 1.29 is 4.79 Å². The molecule has 0 aromatic rings. The Kier molecular flexibility index (Phi) is 2.70. The molecule has 4 unspecified atom stereocenters. The van der Waals surface area contributed by atoms with Crippen LogP contribution >= 0.6 is 0 Å². The van der Waals surface area contributed by atoms with Gasteiger partial charge in [0.05, 0.1) is 12.5 Å². The summed E-state index contributed by atoms with van der Waals surface area (Å²) in [4.78, 5) is 13.7. The minimum Gasteiger partial charge on any atom is -0.334 e. The van der Waals surface area contributed by atoms with Gasteiger partial charge in [0.1, 0.15) is 0 Å². The molecule has 4 atom stereocenters. The van der Waals surface area contributed by atoms with Crippen molar-refractivity contribution in [1.29, 1.82) is 0 Å². The van der Waals surface area contributed by atoms with Crippen LogP contribution in [0.3, 0.4) is 0 Å². The van der Waals surface area contributed by atoms with Crippen LogP contribution < -0.4 is 5.73 Å². The molecule has 2 rings (SSSR count). The first kappa shape index (κ1) is 10.5. The monoisotopic (exact) mass is 206 g/mol. The van der Waals surface area contributed by atoms with Gasteiger partial charge in [-0.2, -0.15) is 0 Å². The Balaban J connectivity index is 2.05. The summed E-state index contributed by atoms with van der Waals surface area (Å²) in [6.07, 6.45) is 8.71. The van der Waals surface area contributed by atoms with Gasteiger partial charge in [-0.1, -0.05) is 5.92 Å². The molecule has 0 radical (unpaired) electrons. The maximum atomic E-state index is 12.1. The van der Waals surface area contributed by atoms with Crippen molar-refractivity contribution in [3.8, 4) is 12.3 Å². The second-order valence-electron chi connectivity index (χ2n) is 4.83. The van der Waals surface area contributed by atoms with E-state index in [0.29, 0.717) is 18.4 Å². The summed E-state index contributed by atoms with van der Waals surface area (Å²) in [5.74, 6) is 3.75. The minimum absolute atomic E-state index is 0.0297. The maximum absolute atomic E-state index is 12.1. The molecular weight excluding hydrogens is 188 g/mol. The molecule has 1 amide bonds. The Hall–Kier alpha value is -1.01. The zero-order valence-electron chi connectivity index (χ0n) is 9.15. The van der Waals surface area contributed by atoms with Crippen molar-refractivity contribution in [2.45, 2.75) is 25.3 Å². The lowest BCUT2D eigenvalue weighted by molar-refractivity contribution is -0.135. The molecule has 3 heteroatoms. The van der Waals surface area contributed by atoms with E-state index in [-0.39, 0.29) is 17.9 Å². The molecule has 82 valence electrons. The SMILES string of the molecule is C#CCN(C)C(=O)C1C2CCC(C2)C1N. The normalized spacial score (nSPS) is 37.7. The van der Waals surface area contributed by atoms with Gasteiger partial charge in [0.15, 0.2) is 0 Å². The summed E-state index contributed by atoms with van der Waals surface area (Å²) < 4.78 is 0. The molecule has 2 aliphatic rings. The molecule has 2 N–H and O–H groups in total. The van der Waals surface area contributed by atoms with Gasteiger partial charge in [-0.25, -0.2) is 0 Å². The summed E-state index contributed by atoms with van der Waals surface area (Å²) in [6.45, 7) is 0.388. The summed E-state index contributed by atoms with van der Waals surface area (Å²) in [5, 5.41) is 0. The lowest BCUT2D eigenvalue weighted by Gasteiger charge is -2.30. The van der Waals surface area contributed by atoms with Gasteiger partial charge in [0, 0.05) is 13.1 Å². The van der Waals surface area contributed by atoms with E-state index >= 15 is 0 Å². The number of carbonyl (C=O) groups is 1. The molecule has 2 bridgehead atoms. The number of amides is 1. The van der Waals surface area contributed by atoms with E-state index in [2.05, 4.69) is 5.92 Å². The Morgan fingerprint density at radius 1 is 1.53 bits per heavy atom. The van der Waals surface area contributed by atoms with Crippen molar-refractivity contribution in [2.75, 3.05) is 13.6 Å². The number of nitrogens with two attached hydrogens (primary N) is 1. The molecule has 0 heterocycles. The zero-order chi connectivity index (χ0) is 11.0. The fourth-order valence-corrected chi connectivity index (χ4v) is 3.17. The quantitative estimate of drug-likeness (QED) is 0.667. The van der Waals surface area contributed by atoms with Crippen molar-refractivity contribution >= 4 is 5.91 Å². The standard InChI is InChI=1S/C12H18N2O/c1-3-6-14(2)12(15)10-8-4-5-9(7-8)11(10)13/h1,8-11H,4-7,13H2,2H3. The molecule has 0 aromatic heterocycles. The van der Waals surface area contributed by atoms with Crippen molar-refractivity contribution in [2.24, 2.45) is 23.5 Å². The van der Waals surface area contributed by atoms with Crippen molar-refractivity contribution in [3.05, 3.63) is 0 Å². The van der Waals surface area contributed by atoms with Crippen LogP contribution in [-0.2, 0) is 4.79 Å². The zero-order valence-corrected chi connectivity index (χ0v) is 9.15. The van der Waals surface area contributed by atoms with Gasteiger partial charge in [-0.05, 0) is 31.1 Å². The first-order chi connectivity index (χ1) is 7.15. The van der Waals surface area contributed by atoms with Crippen LogP contribution in [0.15, 0.2) is 0 Å². The summed E-state index contributed by atoms with van der Waals surface area (Å²) in [7, 11) is 1.76. The lowest BCUT2D eigenvalue weighted by Crippen LogP contribution is -2.46. The van der Waals surface area contributed by atoms with Crippen molar-refractivity contribution in [1.82, 2.24) is 4.90 Å². The Labute approximate surface area is 91.0 Å². The predicted octanol–water partition coefficient (Wildman–Crippen LogP) is 0.451. The Morgan fingerprint density at radius 3 is 2.73 bits per heavy atom. The predicted molar refractivity (Wildman–Crippen MR) is 58.8 cm³/mol. The van der Waals surface area contributed by atoms with Gasteiger partial charge in [-0.3, -0.25) is 4.79 Å². The van der Waals surface area contributed by atoms with E-state index in [0.717, 1.165) is 6.42 Å². The van der Waals surface area contributed by atoms with Crippen LogP contribution in [0.25, 0.3) is 0 Å². The Bertz CT molecular complexity index is 305. The molecule has 0 aliphatic heterocycles. The first-order valence-electron chi connectivity index (χ1n) is 5.59. The Morgan fingerprint density at radius 2 is 2.20 bits per heavy atom. The van der Waals surface area contributed by atoms with E-state index in [9.17, 15) is 4.79 Å². The second kappa shape index (κ2) is 3.86. The van der Waals surface area contributed by atoms with Gasteiger partial charge in [0.2, 0.25) is 5.91 Å². The highest BCUT2D eigenvalue weighted by molar-refractivity contribution is 5.80. The molecule has 0 saturated heterocycles. The van der Waals surface area contributed by atoms with Crippen molar-refractivity contribution in [3.63, 3.8) is 0 Å². The average molecular weight is 206 g/mol. The molecule has 0 spiro atoms. The van der Waals surface area contributed by atoms with Gasteiger partial charge in [0.25, 0.3) is 0 Å². The second-order valence-corrected chi connectivity index (χ2v) is 4.83. The smallest absolute Gasteiger partial charge is 0.228 e. The van der Waals surface area contributed by atoms with E-state index in [1.54, 1.807) is 11.9 Å². The highest BCUT2D eigenvalue weighted by Crippen LogP contribution is 2.48. The lowest BCUT2D eigenvalue weighted by atomic mass is 9.84. The van der Waals surface area contributed by atoms with Crippen LogP contribution in [0, 0.1) is 30.1 Å². The number of hydrogen-bond donors (Lipinski definition) is 1. The fourth-order valence-electron chi connectivity index (χ4n) is 3.17. The summed E-state index contributed by atoms with van der Waals surface area (Å²) in [6, 6.07) is 0.0662. The van der Waals surface area contributed by atoms with Crippen LogP contribution in [0.4, 0.5) is 0 Å². The highest BCUT2D eigenvalue weighted by Gasteiger charge is 2.49. The van der Waals surface area contributed by atoms with Gasteiger partial charge >= 0.3 is 0 Å². The molecule has 3 nitrogen and oxygen atoms in total. The number of fused-ring (bicyclic) bond motifs is 2. The average Bonchev–Trinajstić information content (AvgIpc) is 2.77. The molecule has 2 fully saturated rings. The third-order valence-corrected chi connectivity index (χ3v) is 3.97. The third kappa shape index (κ3) is 1.63. The maximum Gasteiger partial charge on any atom is 0.228 e. The molecule has 2 aliphatic carbocycles. The van der Waals surface area contributed by atoms with Crippen LogP contribution in [-0.4, -0.2) is 30.4 Å². The van der Waals surface area contributed by atoms with E-state index in [4.69, 9.17) is 12.2 Å². The summed E-state index contributed by atoms with van der Waals surface area (Å²) in [5.41, 5.74) is 6.10. The van der Waals surface area contributed by atoms with Gasteiger partial charge < -0.3 is 10.6 Å². The molecule has 2 saturated carbocycles. The van der Waals surface area contributed by atoms with Gasteiger partial charge in [-0.15, -0.1) is 6.42 Å². The minimum atomic E-state index is 0.0297. The van der Waals surface area contributed by atoms with E-state index in [1.807, 2.05) is 0 Å². The molecular formula is C12H18N2O. The first-order valence-corrected chi connectivity index (χ1v) is 5.59. The fraction of sp³-hybridized carbons (Fsp3) is 0.750. The topological polar surface area (TPSA) is 46.3 Å². The number of terminal acetylenes is 1. The highest BCUT2D eigenvalue weighted by atomic mass is 16.2.